The van der Waals surface area contributed by atoms with Crippen LogP contribution in [0, 0.1) is 23.7 Å². The fourth-order valence-electron chi connectivity index (χ4n) is 2.67. The van der Waals surface area contributed by atoms with Crippen LogP contribution in [0.2, 0.25) is 0 Å². The monoisotopic (exact) mass is 123 g/mol. The summed E-state index contributed by atoms with van der Waals surface area (Å²) < 4.78 is 0. The maximum atomic E-state index is 2.55. The lowest BCUT2D eigenvalue weighted by Crippen LogP contribution is -2.40. The van der Waals surface area contributed by atoms with E-state index in [0.29, 0.717) is 5.41 Å². The van der Waals surface area contributed by atoms with Gasteiger partial charge in [-0.3, -0.25) is 0 Å². The van der Waals surface area contributed by atoms with Gasteiger partial charge in [0, 0.05) is 0 Å². The van der Waals surface area contributed by atoms with Crippen LogP contribution in [0.1, 0.15) is 33.1 Å². The van der Waals surface area contributed by atoms with Gasteiger partial charge in [0.05, 0.1) is 0 Å². The third-order valence-electron chi connectivity index (χ3n) is 3.17. The summed E-state index contributed by atoms with van der Waals surface area (Å²) in [6, 6.07) is 0. The third kappa shape index (κ3) is 0.653. The second-order valence-corrected chi connectivity index (χ2v) is 4.19. The van der Waals surface area contributed by atoms with Crippen LogP contribution in [-0.2, 0) is 0 Å². The van der Waals surface area contributed by atoms with Gasteiger partial charge in [-0.05, 0) is 36.5 Å². The van der Waals surface area contributed by atoms with E-state index in [1.807, 2.05) is 0 Å². The van der Waals surface area contributed by atoms with Crippen molar-refractivity contribution >= 4 is 0 Å². The van der Waals surface area contributed by atoms with Crippen LogP contribution in [0.4, 0.5) is 0 Å². The summed E-state index contributed by atoms with van der Waals surface area (Å²) in [5.74, 6) is 2.07. The standard InChI is InChI=1S/C9H15/c1-9(2)6-7-4-3-5-8(7)9/h6-8H,3-5H2,1-2H3/t7-,8-/m1/s1. The van der Waals surface area contributed by atoms with E-state index in [0.717, 1.165) is 11.8 Å². The van der Waals surface area contributed by atoms with Crippen LogP contribution in [0.25, 0.3) is 0 Å². The smallest absolute Gasteiger partial charge is 0.0289 e. The summed E-state index contributed by atoms with van der Waals surface area (Å²) in [7, 11) is 0. The van der Waals surface area contributed by atoms with Crippen LogP contribution >= 0.6 is 0 Å². The van der Waals surface area contributed by atoms with E-state index in [4.69, 9.17) is 0 Å². The average molecular weight is 123 g/mol. The fourth-order valence-corrected chi connectivity index (χ4v) is 2.67. The molecule has 0 heteroatoms. The van der Waals surface area contributed by atoms with Crippen molar-refractivity contribution in [2.45, 2.75) is 33.1 Å². The molecule has 0 spiro atoms. The SMILES string of the molecule is CC1(C)[CH][C@H]2CCC[C@H]21. The first-order valence-electron chi connectivity index (χ1n) is 4.06. The number of hydrogen-bond acceptors (Lipinski definition) is 0. The molecule has 0 aromatic carbocycles. The van der Waals surface area contributed by atoms with Crippen molar-refractivity contribution in [3.8, 4) is 0 Å². The molecule has 2 rings (SSSR count). The Morgan fingerprint density at radius 1 is 1.33 bits per heavy atom. The van der Waals surface area contributed by atoms with E-state index in [1.165, 1.54) is 19.3 Å². The zero-order chi connectivity index (χ0) is 6.48. The van der Waals surface area contributed by atoms with Crippen molar-refractivity contribution in [2.75, 3.05) is 0 Å². The molecule has 0 N–H and O–H groups in total. The second-order valence-electron chi connectivity index (χ2n) is 4.19. The molecule has 0 heterocycles. The average Bonchev–Trinajstić information content (AvgIpc) is 2.10. The van der Waals surface area contributed by atoms with E-state index in [2.05, 4.69) is 20.3 Å². The summed E-state index contributed by atoms with van der Waals surface area (Å²) >= 11 is 0. The normalized spacial score (nSPS) is 46.0. The first kappa shape index (κ1) is 5.76. The molecule has 0 nitrogen and oxygen atoms in total. The molecule has 0 amide bonds. The van der Waals surface area contributed by atoms with Crippen LogP contribution < -0.4 is 0 Å². The molecule has 0 saturated heterocycles. The van der Waals surface area contributed by atoms with E-state index in [-0.39, 0.29) is 0 Å². The molecule has 1 radical (unpaired) electrons. The first-order chi connectivity index (χ1) is 4.20. The van der Waals surface area contributed by atoms with Crippen LogP contribution in [0.15, 0.2) is 0 Å². The Kier molecular flexibility index (Phi) is 0.980. The summed E-state index contributed by atoms with van der Waals surface area (Å²) in [6.45, 7) is 4.75. The molecule has 9 heavy (non-hydrogen) atoms. The van der Waals surface area contributed by atoms with E-state index in [1.54, 1.807) is 0 Å². The van der Waals surface area contributed by atoms with Crippen LogP contribution in [0.5, 0.6) is 0 Å². The van der Waals surface area contributed by atoms with Gasteiger partial charge in [-0.1, -0.05) is 20.3 Å². The number of fused-ring (bicyclic) bond motifs is 1. The van der Waals surface area contributed by atoms with Crippen molar-refractivity contribution in [3.05, 3.63) is 6.42 Å². The highest BCUT2D eigenvalue weighted by Gasteiger charge is 2.49. The van der Waals surface area contributed by atoms with Gasteiger partial charge < -0.3 is 0 Å². The van der Waals surface area contributed by atoms with Crippen molar-refractivity contribution in [2.24, 2.45) is 17.3 Å². The zero-order valence-corrected chi connectivity index (χ0v) is 6.35. The minimum Gasteiger partial charge on any atom is -0.0593 e. The van der Waals surface area contributed by atoms with Crippen molar-refractivity contribution < 1.29 is 0 Å². The highest BCUT2D eigenvalue weighted by atomic mass is 14.5. The lowest BCUT2D eigenvalue weighted by Gasteiger charge is -2.48. The summed E-state index contributed by atoms with van der Waals surface area (Å²) in [4.78, 5) is 0. The molecule has 2 aliphatic carbocycles. The van der Waals surface area contributed by atoms with Gasteiger partial charge in [0.1, 0.15) is 0 Å². The Hall–Kier alpha value is 0. The van der Waals surface area contributed by atoms with E-state index < -0.39 is 0 Å². The minimum absolute atomic E-state index is 0.598. The van der Waals surface area contributed by atoms with Gasteiger partial charge in [-0.15, -0.1) is 0 Å². The van der Waals surface area contributed by atoms with Crippen molar-refractivity contribution in [3.63, 3.8) is 0 Å². The molecule has 51 valence electrons. The van der Waals surface area contributed by atoms with Crippen molar-refractivity contribution in [1.29, 1.82) is 0 Å². The maximum Gasteiger partial charge on any atom is -0.0289 e. The van der Waals surface area contributed by atoms with Gasteiger partial charge in [-0.2, -0.15) is 0 Å². The number of hydrogen-bond donors (Lipinski definition) is 0. The van der Waals surface area contributed by atoms with Crippen LogP contribution in [0.3, 0.4) is 0 Å². The Bertz CT molecular complexity index is 124. The molecule has 2 saturated carbocycles. The molecular weight excluding hydrogens is 108 g/mol. The predicted molar refractivity (Wildman–Crippen MR) is 38.9 cm³/mol. The summed E-state index contributed by atoms with van der Waals surface area (Å²) in [6.07, 6.45) is 7.00. The highest BCUT2D eigenvalue weighted by molar-refractivity contribution is 5.11. The molecule has 2 aliphatic rings. The van der Waals surface area contributed by atoms with Gasteiger partial charge >= 0.3 is 0 Å². The minimum atomic E-state index is 0.598. The van der Waals surface area contributed by atoms with Gasteiger partial charge in [0.15, 0.2) is 0 Å². The Balaban J connectivity index is 2.09. The lowest BCUT2D eigenvalue weighted by atomic mass is 9.57. The molecule has 0 aromatic heterocycles. The number of rotatable bonds is 0. The summed E-state index contributed by atoms with van der Waals surface area (Å²) in [5, 5.41) is 0. The van der Waals surface area contributed by atoms with Gasteiger partial charge in [-0.25, -0.2) is 0 Å². The predicted octanol–water partition coefficient (Wildman–Crippen LogP) is 2.65. The third-order valence-corrected chi connectivity index (χ3v) is 3.17. The van der Waals surface area contributed by atoms with Crippen LogP contribution in [-0.4, -0.2) is 0 Å². The van der Waals surface area contributed by atoms with E-state index in [9.17, 15) is 0 Å². The summed E-state index contributed by atoms with van der Waals surface area (Å²) in [5.41, 5.74) is 0.598. The molecule has 2 atom stereocenters. The molecule has 0 bridgehead atoms. The quantitative estimate of drug-likeness (QED) is 0.464. The first-order valence-corrected chi connectivity index (χ1v) is 4.06. The topological polar surface area (TPSA) is 0 Å². The maximum absolute atomic E-state index is 2.55. The largest absolute Gasteiger partial charge is 0.0593 e. The Labute approximate surface area is 57.6 Å². The molecular formula is C9H15. The highest BCUT2D eigenvalue weighted by Crippen LogP contribution is 2.57. The van der Waals surface area contributed by atoms with Gasteiger partial charge in [0.25, 0.3) is 0 Å². The van der Waals surface area contributed by atoms with E-state index >= 15 is 0 Å². The lowest BCUT2D eigenvalue weighted by molar-refractivity contribution is 0.102. The Morgan fingerprint density at radius 3 is 2.56 bits per heavy atom. The molecule has 2 fully saturated rings. The molecule has 0 aliphatic heterocycles. The fraction of sp³-hybridized carbons (Fsp3) is 0.889. The van der Waals surface area contributed by atoms with Gasteiger partial charge in [0.2, 0.25) is 0 Å². The second kappa shape index (κ2) is 1.53. The molecule has 0 aromatic rings. The Morgan fingerprint density at radius 2 is 2.11 bits per heavy atom. The zero-order valence-electron chi connectivity index (χ0n) is 6.35. The molecule has 0 unspecified atom stereocenters. The van der Waals surface area contributed by atoms with Crippen molar-refractivity contribution in [1.82, 2.24) is 0 Å².